The van der Waals surface area contributed by atoms with Crippen LogP contribution >= 0.6 is 15.9 Å². The second-order valence-electron chi connectivity index (χ2n) is 3.23. The van der Waals surface area contributed by atoms with E-state index in [4.69, 9.17) is 9.84 Å². The SMILES string of the molecule is OCc1cc(Br)ccc1OC1CC1. The molecule has 3 heteroatoms. The highest BCUT2D eigenvalue weighted by Gasteiger charge is 2.24. The van der Waals surface area contributed by atoms with Gasteiger partial charge in [-0.15, -0.1) is 0 Å². The van der Waals surface area contributed by atoms with Gasteiger partial charge in [0.2, 0.25) is 0 Å². The van der Waals surface area contributed by atoms with Gasteiger partial charge in [-0.25, -0.2) is 0 Å². The molecular weight excluding hydrogens is 232 g/mol. The maximum absolute atomic E-state index is 9.08. The Kier molecular flexibility index (Phi) is 2.56. The highest BCUT2D eigenvalue weighted by atomic mass is 79.9. The van der Waals surface area contributed by atoms with Crippen LogP contribution in [0, 0.1) is 0 Å². The minimum Gasteiger partial charge on any atom is -0.490 e. The lowest BCUT2D eigenvalue weighted by Crippen LogP contribution is -1.99. The van der Waals surface area contributed by atoms with E-state index >= 15 is 0 Å². The van der Waals surface area contributed by atoms with Gasteiger partial charge >= 0.3 is 0 Å². The van der Waals surface area contributed by atoms with E-state index in [9.17, 15) is 0 Å². The van der Waals surface area contributed by atoms with E-state index in [0.29, 0.717) is 6.10 Å². The maximum Gasteiger partial charge on any atom is 0.125 e. The van der Waals surface area contributed by atoms with Gasteiger partial charge in [0, 0.05) is 10.0 Å². The number of benzene rings is 1. The van der Waals surface area contributed by atoms with Gasteiger partial charge in [0.1, 0.15) is 5.75 Å². The number of ether oxygens (including phenoxy) is 1. The molecule has 0 aromatic heterocycles. The van der Waals surface area contributed by atoms with Gasteiger partial charge in [0.25, 0.3) is 0 Å². The summed E-state index contributed by atoms with van der Waals surface area (Å²) in [6.07, 6.45) is 2.66. The van der Waals surface area contributed by atoms with Crippen LogP contribution in [0.1, 0.15) is 18.4 Å². The first-order valence-corrected chi connectivity index (χ1v) is 5.15. The highest BCUT2D eigenvalue weighted by Crippen LogP contribution is 2.30. The van der Waals surface area contributed by atoms with Crippen molar-refractivity contribution >= 4 is 15.9 Å². The van der Waals surface area contributed by atoms with E-state index in [2.05, 4.69) is 15.9 Å². The minimum atomic E-state index is 0.0293. The van der Waals surface area contributed by atoms with E-state index in [1.54, 1.807) is 0 Å². The third-order valence-electron chi connectivity index (χ3n) is 2.01. The summed E-state index contributed by atoms with van der Waals surface area (Å²) in [6, 6.07) is 5.71. The van der Waals surface area contributed by atoms with Crippen molar-refractivity contribution in [3.8, 4) is 5.75 Å². The van der Waals surface area contributed by atoms with Crippen molar-refractivity contribution in [3.05, 3.63) is 28.2 Å². The van der Waals surface area contributed by atoms with Crippen LogP contribution in [-0.2, 0) is 6.61 Å². The molecule has 1 aromatic rings. The standard InChI is InChI=1S/C10H11BrO2/c11-8-1-4-10(7(5-8)6-12)13-9-2-3-9/h1,4-5,9,12H,2-3,6H2. The van der Waals surface area contributed by atoms with Gasteiger partial charge in [-0.1, -0.05) is 15.9 Å². The van der Waals surface area contributed by atoms with E-state index in [1.807, 2.05) is 18.2 Å². The summed E-state index contributed by atoms with van der Waals surface area (Å²) in [7, 11) is 0. The molecule has 0 radical (unpaired) electrons. The lowest BCUT2D eigenvalue weighted by molar-refractivity contribution is 0.258. The summed E-state index contributed by atoms with van der Waals surface area (Å²) in [4.78, 5) is 0. The van der Waals surface area contributed by atoms with Gasteiger partial charge in [-0.3, -0.25) is 0 Å². The van der Waals surface area contributed by atoms with Gasteiger partial charge in [-0.05, 0) is 31.0 Å². The largest absolute Gasteiger partial charge is 0.490 e. The lowest BCUT2D eigenvalue weighted by atomic mass is 10.2. The molecule has 0 heterocycles. The molecule has 13 heavy (non-hydrogen) atoms. The Labute approximate surface area is 85.7 Å². The summed E-state index contributed by atoms with van der Waals surface area (Å²) < 4.78 is 6.59. The van der Waals surface area contributed by atoms with Crippen molar-refractivity contribution in [2.75, 3.05) is 0 Å². The molecular formula is C10H11BrO2. The first-order valence-electron chi connectivity index (χ1n) is 4.35. The Bertz CT molecular complexity index is 308. The predicted octanol–water partition coefficient (Wildman–Crippen LogP) is 2.48. The molecule has 0 amide bonds. The Morgan fingerprint density at radius 3 is 2.85 bits per heavy atom. The minimum absolute atomic E-state index is 0.0293. The molecule has 70 valence electrons. The van der Waals surface area contributed by atoms with E-state index in [1.165, 1.54) is 0 Å². The molecule has 1 aliphatic carbocycles. The number of halogens is 1. The first-order chi connectivity index (χ1) is 6.29. The second-order valence-corrected chi connectivity index (χ2v) is 4.14. The molecule has 2 rings (SSSR count). The van der Waals surface area contributed by atoms with E-state index in [-0.39, 0.29) is 6.61 Å². The number of hydrogen-bond acceptors (Lipinski definition) is 2. The molecule has 0 atom stereocenters. The van der Waals surface area contributed by atoms with Crippen LogP contribution in [0.3, 0.4) is 0 Å². The molecule has 1 aromatic carbocycles. The number of hydrogen-bond donors (Lipinski definition) is 1. The Hall–Kier alpha value is -0.540. The smallest absolute Gasteiger partial charge is 0.125 e. The Morgan fingerprint density at radius 2 is 2.23 bits per heavy atom. The molecule has 2 nitrogen and oxygen atoms in total. The molecule has 0 bridgehead atoms. The molecule has 1 N–H and O–H groups in total. The molecule has 0 unspecified atom stereocenters. The normalized spacial score (nSPS) is 15.8. The molecule has 0 aliphatic heterocycles. The zero-order valence-corrected chi connectivity index (χ0v) is 8.75. The van der Waals surface area contributed by atoms with Crippen molar-refractivity contribution in [3.63, 3.8) is 0 Å². The molecule has 0 spiro atoms. The van der Waals surface area contributed by atoms with Gasteiger partial charge in [0.05, 0.1) is 12.7 Å². The van der Waals surface area contributed by atoms with Crippen LogP contribution in [0.25, 0.3) is 0 Å². The quantitative estimate of drug-likeness (QED) is 0.883. The third-order valence-corrected chi connectivity index (χ3v) is 2.50. The fourth-order valence-electron chi connectivity index (χ4n) is 1.15. The number of aliphatic hydroxyl groups is 1. The Morgan fingerprint density at radius 1 is 1.46 bits per heavy atom. The number of aliphatic hydroxyl groups excluding tert-OH is 1. The van der Waals surface area contributed by atoms with Crippen molar-refractivity contribution < 1.29 is 9.84 Å². The van der Waals surface area contributed by atoms with Crippen molar-refractivity contribution in [2.45, 2.75) is 25.6 Å². The maximum atomic E-state index is 9.08. The topological polar surface area (TPSA) is 29.5 Å². The van der Waals surface area contributed by atoms with Crippen LogP contribution < -0.4 is 4.74 Å². The van der Waals surface area contributed by atoms with Gasteiger partial charge < -0.3 is 9.84 Å². The summed E-state index contributed by atoms with van der Waals surface area (Å²) in [5, 5.41) is 9.08. The van der Waals surface area contributed by atoms with Gasteiger partial charge in [-0.2, -0.15) is 0 Å². The van der Waals surface area contributed by atoms with Crippen molar-refractivity contribution in [2.24, 2.45) is 0 Å². The van der Waals surface area contributed by atoms with E-state index < -0.39 is 0 Å². The monoisotopic (exact) mass is 242 g/mol. The van der Waals surface area contributed by atoms with Crippen LogP contribution in [0.15, 0.2) is 22.7 Å². The summed E-state index contributed by atoms with van der Waals surface area (Å²) in [6.45, 7) is 0.0293. The van der Waals surface area contributed by atoms with Crippen molar-refractivity contribution in [1.29, 1.82) is 0 Å². The van der Waals surface area contributed by atoms with Crippen LogP contribution in [0.2, 0.25) is 0 Å². The van der Waals surface area contributed by atoms with Crippen molar-refractivity contribution in [1.82, 2.24) is 0 Å². The zero-order valence-electron chi connectivity index (χ0n) is 7.16. The average Bonchev–Trinajstić information content (AvgIpc) is 2.92. The molecule has 1 fully saturated rings. The fraction of sp³-hybridized carbons (Fsp3) is 0.400. The third kappa shape index (κ3) is 2.23. The Balaban J connectivity index is 2.21. The molecule has 1 aliphatic rings. The predicted molar refractivity (Wildman–Crippen MR) is 53.7 cm³/mol. The van der Waals surface area contributed by atoms with E-state index in [0.717, 1.165) is 28.6 Å². The lowest BCUT2D eigenvalue weighted by Gasteiger charge is -2.08. The fourth-order valence-corrected chi connectivity index (χ4v) is 1.56. The summed E-state index contributed by atoms with van der Waals surface area (Å²) in [5.41, 5.74) is 0.848. The van der Waals surface area contributed by atoms with Gasteiger partial charge in [0.15, 0.2) is 0 Å². The zero-order chi connectivity index (χ0) is 9.26. The average molecular weight is 243 g/mol. The number of rotatable bonds is 3. The van der Waals surface area contributed by atoms with Crippen LogP contribution in [-0.4, -0.2) is 11.2 Å². The second kappa shape index (κ2) is 3.68. The first kappa shape index (κ1) is 9.03. The van der Waals surface area contributed by atoms with Crippen LogP contribution in [0.4, 0.5) is 0 Å². The van der Waals surface area contributed by atoms with Crippen LogP contribution in [0.5, 0.6) is 5.75 Å². The summed E-state index contributed by atoms with van der Waals surface area (Å²) >= 11 is 3.35. The molecule has 1 saturated carbocycles. The molecule has 0 saturated heterocycles. The summed E-state index contributed by atoms with van der Waals surface area (Å²) in [5.74, 6) is 0.813. The highest BCUT2D eigenvalue weighted by molar-refractivity contribution is 9.10.